The molecule has 60 heavy (non-hydrogen) atoms. The molecule has 0 N–H and O–H groups in total. The first-order chi connectivity index (χ1) is 27.6. The standard InChI is InChI=1S/C29H37.C21H12Cl2.C5H5.2ClH.Zr/c1-18-25-22-17-19-13-9-10-14-20(19)24(22)21-15-11-12-16-23(21)29(25,8)28(6,7)27(4,5)26(18,2)3;22-18-10-14-5-1-3-7-20(14)16(12-18)9-17-13-19(23)11-15-6-2-4-8-21(15)17;1-2-4-5-3-1;;;/h9-11,13-15,23H,12,16-17H2,1-8H3;1-8,10-13H;1-3H,4H2;2*1H;/q;;;;;+2/p-2. The Balaban J connectivity index is 0.00000249. The van der Waals surface area contributed by atoms with E-state index in [0.29, 0.717) is 5.92 Å². The first kappa shape index (κ1) is 43.9. The number of fused-ring (bicyclic) bond motifs is 8. The van der Waals surface area contributed by atoms with Crippen molar-refractivity contribution in [2.24, 2.45) is 27.6 Å². The predicted molar refractivity (Wildman–Crippen MR) is 247 cm³/mol. The summed E-state index contributed by atoms with van der Waals surface area (Å²) in [4.78, 5) is 0. The van der Waals surface area contributed by atoms with Crippen LogP contribution in [0.1, 0.15) is 96.9 Å². The second-order valence-electron chi connectivity index (χ2n) is 19.7. The molecule has 0 nitrogen and oxygen atoms in total. The number of halogens is 4. The molecule has 5 aromatic carbocycles. The maximum Gasteiger partial charge on any atom is -1.00 e. The molecule has 3 unspecified atom stereocenters. The molecule has 3 atom stereocenters. The van der Waals surface area contributed by atoms with Crippen LogP contribution in [0.5, 0.6) is 0 Å². The fourth-order valence-corrected chi connectivity index (χ4v) is 24.9. The van der Waals surface area contributed by atoms with Crippen molar-refractivity contribution >= 4 is 53.5 Å². The van der Waals surface area contributed by atoms with E-state index in [1.54, 1.807) is 25.6 Å². The Kier molecular flexibility index (Phi) is 11.1. The van der Waals surface area contributed by atoms with Crippen LogP contribution in [0.3, 0.4) is 0 Å². The fraction of sp³-hybridized carbons (Fsp3) is 0.327. The first-order valence-electron chi connectivity index (χ1n) is 21.4. The molecule has 0 radical (unpaired) electrons. The van der Waals surface area contributed by atoms with Crippen LogP contribution < -0.4 is 24.8 Å². The molecule has 5 aliphatic carbocycles. The van der Waals surface area contributed by atoms with Crippen molar-refractivity contribution in [3.05, 3.63) is 180 Å². The molecular formula is C55H54Cl4Zr. The number of hydrogen-bond donors (Lipinski definition) is 0. The Hall–Kier alpha value is -2.77. The third-order valence-corrected chi connectivity index (χ3v) is 27.4. The van der Waals surface area contributed by atoms with Crippen LogP contribution >= 0.6 is 23.2 Å². The summed E-state index contributed by atoms with van der Waals surface area (Å²) in [6.45, 7) is 21.5. The zero-order valence-electron chi connectivity index (χ0n) is 36.0. The van der Waals surface area contributed by atoms with E-state index < -0.39 is 21.3 Å². The van der Waals surface area contributed by atoms with Gasteiger partial charge in [-0.2, -0.15) is 0 Å². The quantitative estimate of drug-likeness (QED) is 0.169. The van der Waals surface area contributed by atoms with E-state index in [9.17, 15) is 0 Å². The minimum Gasteiger partial charge on any atom is -1.00 e. The smallest absolute Gasteiger partial charge is 1.00 e. The molecule has 0 aliphatic heterocycles. The second-order valence-corrected chi connectivity index (χ2v) is 27.7. The van der Waals surface area contributed by atoms with Gasteiger partial charge in [-0.1, -0.05) is 0 Å². The molecule has 1 saturated carbocycles. The van der Waals surface area contributed by atoms with Crippen LogP contribution in [0.2, 0.25) is 13.2 Å². The molecule has 10 rings (SSSR count). The van der Waals surface area contributed by atoms with Gasteiger partial charge in [0.2, 0.25) is 0 Å². The van der Waals surface area contributed by atoms with Crippen molar-refractivity contribution in [3.8, 4) is 0 Å². The summed E-state index contributed by atoms with van der Waals surface area (Å²) in [5.41, 5.74) is 11.7. The molecule has 0 heterocycles. The topological polar surface area (TPSA) is 0 Å². The van der Waals surface area contributed by atoms with Gasteiger partial charge in [0, 0.05) is 0 Å². The van der Waals surface area contributed by atoms with Crippen LogP contribution in [0.4, 0.5) is 0 Å². The van der Waals surface area contributed by atoms with E-state index >= 15 is 0 Å². The van der Waals surface area contributed by atoms with Crippen LogP contribution in [-0.2, 0) is 27.7 Å². The zero-order valence-corrected chi connectivity index (χ0v) is 41.5. The zero-order chi connectivity index (χ0) is 40.6. The summed E-state index contributed by atoms with van der Waals surface area (Å²) in [5, 5.41) is 6.48. The molecule has 0 amide bonds. The molecule has 0 bridgehead atoms. The summed E-state index contributed by atoms with van der Waals surface area (Å²) in [6.07, 6.45) is 16.6. The Labute approximate surface area is 387 Å². The molecule has 5 aliphatic rings. The summed E-state index contributed by atoms with van der Waals surface area (Å²) < 4.78 is 2.99. The Morgan fingerprint density at radius 2 is 1.25 bits per heavy atom. The molecule has 0 aromatic heterocycles. The van der Waals surface area contributed by atoms with Gasteiger partial charge >= 0.3 is 366 Å². The molecular weight excluding hydrogens is 894 g/mol. The van der Waals surface area contributed by atoms with Crippen molar-refractivity contribution in [3.63, 3.8) is 0 Å². The summed E-state index contributed by atoms with van der Waals surface area (Å²) >= 11 is 11.2. The van der Waals surface area contributed by atoms with E-state index in [1.165, 1.54) is 53.4 Å². The van der Waals surface area contributed by atoms with Gasteiger partial charge in [-0.3, -0.25) is 0 Å². The SMILES string of the molecule is CC12C(=C3Cc4ccccc4C3=C3C=CCCC31)[C](C)([Zr+2]([C]1=CC=CC1)=[C](c1cc(Cl)cc3ccccc13)c1cc(Cl)cc3ccccc13)C(C)(C)C(C)(C)C2(C)C.[Cl-].[Cl-]. The van der Waals surface area contributed by atoms with Gasteiger partial charge in [0.15, 0.2) is 0 Å². The van der Waals surface area contributed by atoms with Crippen molar-refractivity contribution in [1.29, 1.82) is 0 Å². The van der Waals surface area contributed by atoms with Crippen molar-refractivity contribution in [2.75, 3.05) is 0 Å². The summed E-state index contributed by atoms with van der Waals surface area (Å²) in [7, 11) is 0. The van der Waals surface area contributed by atoms with Gasteiger partial charge in [0.1, 0.15) is 0 Å². The van der Waals surface area contributed by atoms with Gasteiger partial charge in [0.25, 0.3) is 0 Å². The fourth-order valence-electron chi connectivity index (χ4n) is 13.1. The van der Waals surface area contributed by atoms with E-state index in [1.807, 2.05) is 0 Å². The second kappa shape index (κ2) is 15.2. The summed E-state index contributed by atoms with van der Waals surface area (Å²) in [5.74, 6) is 0.421. The largest absolute Gasteiger partial charge is 1.00 e. The molecule has 306 valence electrons. The number of allylic oxidation sites excluding steroid dienone is 10. The van der Waals surface area contributed by atoms with E-state index in [-0.39, 0.29) is 49.6 Å². The minimum atomic E-state index is -3.40. The number of rotatable bonds is 4. The van der Waals surface area contributed by atoms with Gasteiger partial charge in [-0.25, -0.2) is 0 Å². The average Bonchev–Trinajstić information content (AvgIpc) is 3.87. The van der Waals surface area contributed by atoms with Gasteiger partial charge in [-0.15, -0.1) is 0 Å². The normalized spacial score (nSPS) is 25.0. The van der Waals surface area contributed by atoms with E-state index in [0.717, 1.165) is 29.3 Å². The van der Waals surface area contributed by atoms with Crippen LogP contribution in [0, 0.1) is 27.6 Å². The van der Waals surface area contributed by atoms with Gasteiger partial charge in [-0.05, 0) is 0 Å². The molecule has 5 heteroatoms. The van der Waals surface area contributed by atoms with Crippen LogP contribution in [0.25, 0.3) is 27.1 Å². The van der Waals surface area contributed by atoms with Gasteiger partial charge in [0.05, 0.1) is 0 Å². The maximum atomic E-state index is 7.30. The first-order valence-corrected chi connectivity index (χ1v) is 25.8. The molecule has 0 spiro atoms. The van der Waals surface area contributed by atoms with E-state index in [2.05, 4.69) is 183 Å². The minimum absolute atomic E-state index is 0. The van der Waals surface area contributed by atoms with Crippen molar-refractivity contribution in [2.45, 2.75) is 84.2 Å². The molecule has 1 fully saturated rings. The third kappa shape index (κ3) is 5.74. The molecule has 5 aromatic rings. The monoisotopic (exact) mass is 944 g/mol. The average molecular weight is 948 g/mol. The Morgan fingerprint density at radius 1 is 0.667 bits per heavy atom. The number of hydrogen-bond acceptors (Lipinski definition) is 0. The molecule has 0 saturated heterocycles. The third-order valence-electron chi connectivity index (χ3n) is 17.3. The van der Waals surface area contributed by atoms with Gasteiger partial charge < -0.3 is 24.8 Å². The van der Waals surface area contributed by atoms with Crippen molar-refractivity contribution in [1.82, 2.24) is 0 Å². The van der Waals surface area contributed by atoms with E-state index in [4.69, 9.17) is 23.2 Å². The Bertz CT molecular complexity index is 2740. The summed E-state index contributed by atoms with van der Waals surface area (Å²) in [6, 6.07) is 36.1. The Morgan fingerprint density at radius 3 is 1.85 bits per heavy atom. The van der Waals surface area contributed by atoms with Crippen LogP contribution in [0.15, 0.2) is 147 Å². The predicted octanol–water partition coefficient (Wildman–Crippen LogP) is 9.90. The number of benzene rings is 5. The maximum absolute atomic E-state index is 7.30. The van der Waals surface area contributed by atoms with Crippen LogP contribution in [-0.4, -0.2) is 3.21 Å². The van der Waals surface area contributed by atoms with Crippen molar-refractivity contribution < 1.29 is 46.1 Å².